The van der Waals surface area contributed by atoms with Crippen molar-refractivity contribution in [2.24, 2.45) is 0 Å². The molecule has 1 saturated heterocycles. The maximum atomic E-state index is 13.2. The molecule has 4 bridgehead atoms. The lowest BCUT2D eigenvalue weighted by Crippen LogP contribution is -2.48. The molecule has 2 amide bonds. The van der Waals surface area contributed by atoms with Gasteiger partial charge in [-0.3, -0.25) is 14.5 Å². The van der Waals surface area contributed by atoms with Crippen molar-refractivity contribution in [3.05, 3.63) is 76.9 Å². The van der Waals surface area contributed by atoms with Crippen LogP contribution in [0, 0.1) is 6.92 Å². The second-order valence-corrected chi connectivity index (χ2v) is 10.6. The fourth-order valence-corrected chi connectivity index (χ4v) is 5.41. The summed E-state index contributed by atoms with van der Waals surface area (Å²) in [7, 11) is 6.37. The van der Waals surface area contributed by atoms with E-state index in [4.69, 9.17) is 23.7 Å². The lowest BCUT2D eigenvalue weighted by atomic mass is 10.1. The predicted molar refractivity (Wildman–Crippen MR) is 157 cm³/mol. The summed E-state index contributed by atoms with van der Waals surface area (Å²) in [6.07, 6.45) is -0.274. The summed E-state index contributed by atoms with van der Waals surface area (Å²) in [5.41, 5.74) is 3.27. The van der Waals surface area contributed by atoms with Gasteiger partial charge in [0.1, 0.15) is 11.5 Å². The van der Waals surface area contributed by atoms with Crippen LogP contribution in [-0.2, 0) is 22.7 Å². The summed E-state index contributed by atoms with van der Waals surface area (Å²) in [6, 6.07) is 16.6. The lowest BCUT2D eigenvalue weighted by Gasteiger charge is -2.23. The van der Waals surface area contributed by atoms with Crippen molar-refractivity contribution in [3.63, 3.8) is 0 Å². The Morgan fingerprint density at radius 1 is 0.952 bits per heavy atom. The summed E-state index contributed by atoms with van der Waals surface area (Å²) < 4.78 is 29.1. The van der Waals surface area contributed by atoms with Crippen LogP contribution < -0.4 is 24.3 Å². The van der Waals surface area contributed by atoms with Gasteiger partial charge in [-0.1, -0.05) is 18.2 Å². The number of ether oxygens (including phenoxy) is 5. The summed E-state index contributed by atoms with van der Waals surface area (Å²) >= 11 is 0. The first-order chi connectivity index (χ1) is 20.3. The number of nitrogens with zero attached hydrogens (tertiary/aromatic N) is 2. The van der Waals surface area contributed by atoms with E-state index >= 15 is 0 Å². The number of carbonyl (C=O) groups is 2. The third-order valence-electron chi connectivity index (χ3n) is 7.57. The number of rotatable bonds is 5. The van der Waals surface area contributed by atoms with E-state index in [2.05, 4.69) is 10.2 Å². The monoisotopic (exact) mass is 575 g/mol. The Bertz CT molecular complexity index is 1430. The van der Waals surface area contributed by atoms with E-state index < -0.39 is 0 Å². The number of hydrogen-bond acceptors (Lipinski definition) is 8. The molecule has 10 nitrogen and oxygen atoms in total. The van der Waals surface area contributed by atoms with E-state index in [-0.39, 0.29) is 30.5 Å². The molecular weight excluding hydrogens is 538 g/mol. The molecule has 222 valence electrons. The molecule has 3 aromatic rings. The molecule has 42 heavy (non-hydrogen) atoms. The average molecular weight is 576 g/mol. The summed E-state index contributed by atoms with van der Waals surface area (Å²) in [5.74, 6) is 2.42. The maximum absolute atomic E-state index is 13.2. The first-order valence-electron chi connectivity index (χ1n) is 13.8. The van der Waals surface area contributed by atoms with Gasteiger partial charge in [-0.05, 0) is 60.0 Å². The number of likely N-dealkylation sites (tertiary alicyclic amines) is 1. The molecule has 0 saturated carbocycles. The minimum atomic E-state index is -0.277. The number of aryl methyl sites for hydroxylation is 1. The fraction of sp³-hybridized carbons (Fsp3) is 0.375. The third kappa shape index (κ3) is 6.45. The molecule has 1 N–H and O–H groups in total. The Balaban J connectivity index is 1.40. The summed E-state index contributed by atoms with van der Waals surface area (Å²) in [6.45, 7) is 3.93. The van der Waals surface area contributed by atoms with Gasteiger partial charge in [0.25, 0.3) is 5.91 Å². The molecule has 0 radical (unpaired) electrons. The Morgan fingerprint density at radius 2 is 1.71 bits per heavy atom. The molecule has 0 aromatic heterocycles. The lowest BCUT2D eigenvalue weighted by molar-refractivity contribution is -0.123. The molecular formula is C32H37N3O7. The smallest absolute Gasteiger partial charge is 0.254 e. The molecule has 2 aliphatic rings. The van der Waals surface area contributed by atoms with Crippen LogP contribution >= 0.6 is 0 Å². The van der Waals surface area contributed by atoms with Crippen LogP contribution in [0.2, 0.25) is 0 Å². The van der Waals surface area contributed by atoms with Crippen LogP contribution in [0.5, 0.6) is 28.7 Å². The maximum Gasteiger partial charge on any atom is 0.254 e. The number of methoxy groups -OCH3 is 3. The van der Waals surface area contributed by atoms with Gasteiger partial charge in [-0.15, -0.1) is 0 Å². The number of hydrogen-bond donors (Lipinski definition) is 1. The normalized spacial score (nSPS) is 19.5. The van der Waals surface area contributed by atoms with E-state index in [1.165, 1.54) is 4.90 Å². The quantitative estimate of drug-likeness (QED) is 0.491. The van der Waals surface area contributed by atoms with Crippen molar-refractivity contribution in [2.75, 3.05) is 48.0 Å². The predicted octanol–water partition coefficient (Wildman–Crippen LogP) is 3.78. The standard InChI is InChI=1S/C32H37N3O7/c1-20-9-10-23-14-26(20)42-24-8-6-7-21(11-24)19-41-29-17-35(16-25(29)33-30(36)18-34(2)32(23)37)15-22-12-27(38-3)31(40-5)28(13-22)39-4/h6-14,25,29H,15-19H2,1-5H3,(H,33,36)/t25-,29-/m0/s1. The largest absolute Gasteiger partial charge is 0.493 e. The zero-order valence-electron chi connectivity index (χ0n) is 24.6. The van der Waals surface area contributed by atoms with Gasteiger partial charge in [-0.2, -0.15) is 0 Å². The van der Waals surface area contributed by atoms with Crippen LogP contribution in [0.4, 0.5) is 0 Å². The number of fused-ring (bicyclic) bond motifs is 5. The van der Waals surface area contributed by atoms with Gasteiger partial charge in [0.15, 0.2) is 11.5 Å². The molecule has 2 heterocycles. The Morgan fingerprint density at radius 3 is 2.43 bits per heavy atom. The van der Waals surface area contributed by atoms with Crippen LogP contribution in [0.25, 0.3) is 0 Å². The first-order valence-corrected chi connectivity index (χ1v) is 13.8. The SMILES string of the molecule is COc1cc(CN2C[C@@H]3NC(=O)CN(C)C(=O)c4ccc(C)c(c4)Oc4cccc(c4)CO[C@H]3C2)cc(OC)c1OC. The molecule has 1 fully saturated rings. The molecule has 2 aliphatic heterocycles. The third-order valence-corrected chi connectivity index (χ3v) is 7.57. The van der Waals surface area contributed by atoms with E-state index in [0.717, 1.165) is 16.7 Å². The van der Waals surface area contributed by atoms with Crippen molar-refractivity contribution < 1.29 is 33.3 Å². The second kappa shape index (κ2) is 12.7. The van der Waals surface area contributed by atoms with Gasteiger partial charge in [0, 0.05) is 32.2 Å². The minimum absolute atomic E-state index is 0.0853. The van der Waals surface area contributed by atoms with E-state index in [1.54, 1.807) is 40.5 Å². The fourth-order valence-electron chi connectivity index (χ4n) is 5.41. The summed E-state index contributed by atoms with van der Waals surface area (Å²) in [4.78, 5) is 30.0. The highest BCUT2D eigenvalue weighted by Crippen LogP contribution is 2.38. The molecule has 3 aromatic carbocycles. The Kier molecular flexibility index (Phi) is 8.84. The van der Waals surface area contributed by atoms with Crippen LogP contribution in [0.1, 0.15) is 27.0 Å². The number of amides is 2. The molecule has 5 rings (SSSR count). The molecule has 2 atom stereocenters. The minimum Gasteiger partial charge on any atom is -0.493 e. The van der Waals surface area contributed by atoms with Gasteiger partial charge < -0.3 is 33.9 Å². The van der Waals surface area contributed by atoms with Crippen molar-refractivity contribution >= 4 is 11.8 Å². The Hall–Kier alpha value is -4.28. The highest BCUT2D eigenvalue weighted by molar-refractivity contribution is 5.96. The van der Waals surface area contributed by atoms with E-state index in [0.29, 0.717) is 60.6 Å². The summed E-state index contributed by atoms with van der Waals surface area (Å²) in [5, 5.41) is 3.12. The highest BCUT2D eigenvalue weighted by Gasteiger charge is 2.35. The van der Waals surface area contributed by atoms with Crippen LogP contribution in [0.3, 0.4) is 0 Å². The second-order valence-electron chi connectivity index (χ2n) is 10.6. The molecule has 0 unspecified atom stereocenters. The van der Waals surface area contributed by atoms with Crippen molar-refractivity contribution in [1.29, 1.82) is 0 Å². The van der Waals surface area contributed by atoms with Gasteiger partial charge in [-0.25, -0.2) is 0 Å². The molecule has 0 aliphatic carbocycles. The highest BCUT2D eigenvalue weighted by atomic mass is 16.5. The first kappa shape index (κ1) is 29.2. The van der Waals surface area contributed by atoms with Crippen molar-refractivity contribution in [1.82, 2.24) is 15.1 Å². The van der Waals surface area contributed by atoms with Crippen LogP contribution in [0.15, 0.2) is 54.6 Å². The van der Waals surface area contributed by atoms with Crippen molar-refractivity contribution in [2.45, 2.75) is 32.2 Å². The van der Waals surface area contributed by atoms with E-state index in [1.807, 2.05) is 49.4 Å². The van der Waals surface area contributed by atoms with Gasteiger partial charge in [0.05, 0.1) is 46.6 Å². The molecule has 0 spiro atoms. The molecule has 10 heteroatoms. The number of nitrogens with one attached hydrogen (secondary N) is 1. The zero-order valence-corrected chi connectivity index (χ0v) is 24.6. The van der Waals surface area contributed by atoms with E-state index in [9.17, 15) is 9.59 Å². The average Bonchev–Trinajstić information content (AvgIpc) is 3.36. The van der Waals surface area contributed by atoms with Crippen LogP contribution in [-0.4, -0.2) is 81.8 Å². The number of benzene rings is 3. The van der Waals surface area contributed by atoms with Gasteiger partial charge in [0.2, 0.25) is 11.7 Å². The topological polar surface area (TPSA) is 98.8 Å². The van der Waals surface area contributed by atoms with Gasteiger partial charge >= 0.3 is 0 Å². The Labute approximate surface area is 246 Å². The zero-order chi connectivity index (χ0) is 29.8. The number of likely N-dealkylation sites (N-methyl/N-ethyl adjacent to an activating group) is 1. The number of carbonyl (C=O) groups excluding carboxylic acids is 2. The van der Waals surface area contributed by atoms with Crippen molar-refractivity contribution in [3.8, 4) is 28.7 Å².